The lowest BCUT2D eigenvalue weighted by atomic mass is 10.1. The van der Waals surface area contributed by atoms with E-state index in [1.165, 1.54) is 18.4 Å². The molecule has 1 saturated heterocycles. The van der Waals surface area contributed by atoms with Crippen LogP contribution in [0, 0.1) is 0 Å². The molecule has 0 radical (unpaired) electrons. The largest absolute Gasteiger partial charge is 0.381 e. The first-order valence-corrected chi connectivity index (χ1v) is 7.96. The van der Waals surface area contributed by atoms with E-state index >= 15 is 0 Å². The smallest absolute Gasteiger partial charge is 0.0481 e. The first-order chi connectivity index (χ1) is 9.88. The molecule has 1 atom stereocenters. The minimum Gasteiger partial charge on any atom is -0.381 e. The average molecular weight is 276 g/mol. The van der Waals surface area contributed by atoms with Gasteiger partial charge in [-0.25, -0.2) is 0 Å². The van der Waals surface area contributed by atoms with Gasteiger partial charge in [-0.05, 0) is 18.4 Å². The number of hydrogen-bond donors (Lipinski definition) is 1. The number of hydrogen-bond acceptors (Lipinski definition) is 3. The Hall–Kier alpha value is -0.900. The molecule has 1 aromatic rings. The summed E-state index contributed by atoms with van der Waals surface area (Å²) >= 11 is 0. The Labute approximate surface area is 123 Å². The zero-order valence-corrected chi connectivity index (χ0v) is 12.7. The molecule has 1 N–H and O–H groups in total. The van der Waals surface area contributed by atoms with E-state index in [0.29, 0.717) is 6.04 Å². The quantitative estimate of drug-likeness (QED) is 0.739. The van der Waals surface area contributed by atoms with E-state index in [4.69, 9.17) is 4.74 Å². The molecule has 0 amide bonds. The van der Waals surface area contributed by atoms with Crippen LogP contribution >= 0.6 is 0 Å². The molecule has 0 aromatic heterocycles. The van der Waals surface area contributed by atoms with E-state index in [1.807, 2.05) is 0 Å². The van der Waals surface area contributed by atoms with Crippen LogP contribution in [0.4, 0.5) is 0 Å². The lowest BCUT2D eigenvalue weighted by molar-refractivity contribution is 0.106. The second kappa shape index (κ2) is 9.11. The van der Waals surface area contributed by atoms with E-state index in [2.05, 4.69) is 47.5 Å². The lowest BCUT2D eigenvalue weighted by Gasteiger charge is -2.33. The van der Waals surface area contributed by atoms with Crippen LogP contribution in [0.3, 0.4) is 0 Å². The van der Waals surface area contributed by atoms with Crippen molar-refractivity contribution < 1.29 is 4.74 Å². The third-order valence-electron chi connectivity index (χ3n) is 3.84. The van der Waals surface area contributed by atoms with Gasteiger partial charge in [0.25, 0.3) is 0 Å². The molecule has 1 aliphatic rings. The molecule has 0 aliphatic carbocycles. The Morgan fingerprint density at radius 1 is 1.25 bits per heavy atom. The van der Waals surface area contributed by atoms with Crippen LogP contribution in [-0.4, -0.2) is 43.8 Å². The van der Waals surface area contributed by atoms with E-state index in [-0.39, 0.29) is 0 Å². The summed E-state index contributed by atoms with van der Waals surface area (Å²) in [7, 11) is 0. The fraction of sp³-hybridized carbons (Fsp3) is 0.647. The number of benzene rings is 1. The second-order valence-corrected chi connectivity index (χ2v) is 5.63. The van der Waals surface area contributed by atoms with Crippen molar-refractivity contribution in [2.45, 2.75) is 38.8 Å². The lowest BCUT2D eigenvalue weighted by Crippen LogP contribution is -2.50. The minimum absolute atomic E-state index is 0.578. The van der Waals surface area contributed by atoms with Crippen LogP contribution in [-0.2, 0) is 11.3 Å². The number of rotatable bonds is 8. The molecule has 3 heteroatoms. The number of unbranched alkanes of at least 4 members (excludes halogenated alkanes) is 1. The Morgan fingerprint density at radius 2 is 2.10 bits per heavy atom. The van der Waals surface area contributed by atoms with Gasteiger partial charge in [0.2, 0.25) is 0 Å². The summed E-state index contributed by atoms with van der Waals surface area (Å²) < 4.78 is 5.67. The van der Waals surface area contributed by atoms with Crippen molar-refractivity contribution in [1.29, 1.82) is 0 Å². The third-order valence-corrected chi connectivity index (χ3v) is 3.84. The summed E-state index contributed by atoms with van der Waals surface area (Å²) in [5.74, 6) is 0. The summed E-state index contributed by atoms with van der Waals surface area (Å²) in [4.78, 5) is 2.54. The highest BCUT2D eigenvalue weighted by molar-refractivity contribution is 5.14. The van der Waals surface area contributed by atoms with E-state index < -0.39 is 0 Å². The Kier molecular flexibility index (Phi) is 7.06. The molecule has 1 heterocycles. The highest BCUT2D eigenvalue weighted by atomic mass is 16.5. The van der Waals surface area contributed by atoms with Gasteiger partial charge in [0.05, 0.1) is 0 Å². The first kappa shape index (κ1) is 15.5. The zero-order chi connectivity index (χ0) is 14.0. The molecule has 0 saturated carbocycles. The van der Waals surface area contributed by atoms with E-state index in [0.717, 1.165) is 45.8 Å². The van der Waals surface area contributed by atoms with Crippen LogP contribution in [0.2, 0.25) is 0 Å². The van der Waals surface area contributed by atoms with E-state index in [9.17, 15) is 0 Å². The topological polar surface area (TPSA) is 24.5 Å². The molecule has 1 fully saturated rings. The first-order valence-electron chi connectivity index (χ1n) is 7.96. The van der Waals surface area contributed by atoms with Crippen molar-refractivity contribution in [3.05, 3.63) is 35.9 Å². The molecule has 1 aromatic carbocycles. The van der Waals surface area contributed by atoms with Crippen molar-refractivity contribution in [1.82, 2.24) is 10.2 Å². The highest BCUT2D eigenvalue weighted by Gasteiger charge is 2.18. The number of piperazine rings is 1. The van der Waals surface area contributed by atoms with Gasteiger partial charge < -0.3 is 10.1 Å². The second-order valence-electron chi connectivity index (χ2n) is 5.63. The summed E-state index contributed by atoms with van der Waals surface area (Å²) in [6.45, 7) is 8.43. The van der Waals surface area contributed by atoms with Crippen LogP contribution in [0.1, 0.15) is 31.7 Å². The zero-order valence-electron chi connectivity index (χ0n) is 12.7. The standard InChI is InChI=1S/C17H28N2O/c1-2-3-12-20-13-9-17-15-19(11-10-18-17)14-16-7-5-4-6-8-16/h4-8,17-18H,2-3,9-15H2,1H3/t17-/m1/s1. The predicted octanol–water partition coefficient (Wildman–Crippen LogP) is 2.67. The van der Waals surface area contributed by atoms with Gasteiger partial charge >= 0.3 is 0 Å². The molecule has 3 nitrogen and oxygen atoms in total. The molecule has 112 valence electrons. The molecule has 0 spiro atoms. The summed E-state index contributed by atoms with van der Waals surface area (Å²) in [5, 5.41) is 3.60. The normalized spacial score (nSPS) is 20.1. The fourth-order valence-electron chi connectivity index (χ4n) is 2.65. The van der Waals surface area contributed by atoms with Gasteiger partial charge in [0, 0.05) is 45.4 Å². The fourth-order valence-corrected chi connectivity index (χ4v) is 2.65. The van der Waals surface area contributed by atoms with Crippen molar-refractivity contribution in [2.75, 3.05) is 32.8 Å². The maximum Gasteiger partial charge on any atom is 0.0481 e. The molecule has 0 bridgehead atoms. The predicted molar refractivity (Wildman–Crippen MR) is 83.9 cm³/mol. The van der Waals surface area contributed by atoms with Gasteiger partial charge in [0.1, 0.15) is 0 Å². The Morgan fingerprint density at radius 3 is 2.90 bits per heavy atom. The van der Waals surface area contributed by atoms with Crippen LogP contribution in [0.25, 0.3) is 0 Å². The van der Waals surface area contributed by atoms with Gasteiger partial charge in [0.15, 0.2) is 0 Å². The van der Waals surface area contributed by atoms with Crippen molar-refractivity contribution in [3.8, 4) is 0 Å². The maximum atomic E-state index is 5.67. The van der Waals surface area contributed by atoms with Gasteiger partial charge in [-0.1, -0.05) is 43.7 Å². The summed E-state index contributed by atoms with van der Waals surface area (Å²) in [6.07, 6.45) is 3.51. The molecule has 2 rings (SSSR count). The number of nitrogens with zero attached hydrogens (tertiary/aromatic N) is 1. The maximum absolute atomic E-state index is 5.67. The molecule has 1 aliphatic heterocycles. The minimum atomic E-state index is 0.578. The highest BCUT2D eigenvalue weighted by Crippen LogP contribution is 2.09. The van der Waals surface area contributed by atoms with Gasteiger partial charge in [-0.15, -0.1) is 0 Å². The van der Waals surface area contributed by atoms with E-state index in [1.54, 1.807) is 0 Å². The van der Waals surface area contributed by atoms with Gasteiger partial charge in [-0.2, -0.15) is 0 Å². The number of ether oxygens (including phenoxy) is 1. The molecular weight excluding hydrogens is 248 g/mol. The van der Waals surface area contributed by atoms with Gasteiger partial charge in [-0.3, -0.25) is 4.90 Å². The Balaban J connectivity index is 1.66. The van der Waals surface area contributed by atoms with Crippen LogP contribution in [0.5, 0.6) is 0 Å². The average Bonchev–Trinajstić information content (AvgIpc) is 2.48. The molecule has 0 unspecified atom stereocenters. The monoisotopic (exact) mass is 276 g/mol. The third kappa shape index (κ3) is 5.61. The summed E-state index contributed by atoms with van der Waals surface area (Å²) in [6, 6.07) is 11.3. The van der Waals surface area contributed by atoms with Crippen molar-refractivity contribution >= 4 is 0 Å². The van der Waals surface area contributed by atoms with Crippen molar-refractivity contribution in [3.63, 3.8) is 0 Å². The molecule has 20 heavy (non-hydrogen) atoms. The Bertz CT molecular complexity index is 355. The number of nitrogens with one attached hydrogen (secondary N) is 1. The van der Waals surface area contributed by atoms with Crippen molar-refractivity contribution in [2.24, 2.45) is 0 Å². The SMILES string of the molecule is CCCCOCC[C@@H]1CN(Cc2ccccc2)CCN1. The van der Waals surface area contributed by atoms with Crippen LogP contribution < -0.4 is 5.32 Å². The summed E-state index contributed by atoms with van der Waals surface area (Å²) in [5.41, 5.74) is 1.41. The van der Waals surface area contributed by atoms with Crippen LogP contribution in [0.15, 0.2) is 30.3 Å². The molecular formula is C17H28N2O.